The molecule has 1 rings (SSSR count). The van der Waals surface area contributed by atoms with Crippen LogP contribution in [0.3, 0.4) is 0 Å². The van der Waals surface area contributed by atoms with Crippen molar-refractivity contribution in [2.45, 2.75) is 39.7 Å². The minimum Gasteiger partial charge on any atom is -0.322 e. The summed E-state index contributed by atoms with van der Waals surface area (Å²) in [5, 5.41) is 0. The molecule has 0 aliphatic rings. The van der Waals surface area contributed by atoms with Gasteiger partial charge in [0.15, 0.2) is 0 Å². The summed E-state index contributed by atoms with van der Waals surface area (Å²) in [6.45, 7) is 6.45. The molecule has 1 aromatic heterocycles. The van der Waals surface area contributed by atoms with Crippen molar-refractivity contribution in [1.29, 1.82) is 0 Å². The van der Waals surface area contributed by atoms with Gasteiger partial charge in [-0.2, -0.15) is 0 Å². The molecule has 1 unspecified atom stereocenters. The van der Waals surface area contributed by atoms with Crippen LogP contribution < -0.4 is 5.73 Å². The maximum atomic E-state index is 6.20. The summed E-state index contributed by atoms with van der Waals surface area (Å²) >= 11 is 0. The van der Waals surface area contributed by atoms with E-state index in [0.29, 0.717) is 5.92 Å². The zero-order valence-corrected chi connectivity index (χ0v) is 9.33. The predicted octanol–water partition coefficient (Wildman–Crippen LogP) is 2.83. The molecule has 0 bridgehead atoms. The first-order valence-electron chi connectivity index (χ1n) is 5.37. The van der Waals surface area contributed by atoms with Crippen molar-refractivity contribution < 1.29 is 0 Å². The van der Waals surface area contributed by atoms with E-state index < -0.39 is 0 Å². The van der Waals surface area contributed by atoms with Crippen LogP contribution >= 0.6 is 0 Å². The SMILES string of the molecule is CCC(CC)C(N)c1ncccc1C. The highest BCUT2D eigenvalue weighted by molar-refractivity contribution is 5.21. The first-order chi connectivity index (χ1) is 6.70. The number of hydrogen-bond donors (Lipinski definition) is 1. The standard InChI is InChI=1S/C12H20N2/c1-4-10(5-2)11(13)12-9(3)7-6-8-14-12/h6-8,10-11H,4-5,13H2,1-3H3. The van der Waals surface area contributed by atoms with Crippen molar-refractivity contribution in [2.75, 3.05) is 0 Å². The van der Waals surface area contributed by atoms with E-state index in [1.54, 1.807) is 0 Å². The second-order valence-electron chi connectivity index (χ2n) is 3.81. The van der Waals surface area contributed by atoms with Gasteiger partial charge in [0.2, 0.25) is 0 Å². The van der Waals surface area contributed by atoms with Gasteiger partial charge in [-0.15, -0.1) is 0 Å². The van der Waals surface area contributed by atoms with Crippen LogP contribution in [0, 0.1) is 12.8 Å². The van der Waals surface area contributed by atoms with Crippen LogP contribution in [0.25, 0.3) is 0 Å². The molecule has 2 heteroatoms. The smallest absolute Gasteiger partial charge is 0.0602 e. The monoisotopic (exact) mass is 192 g/mol. The van der Waals surface area contributed by atoms with Crippen LogP contribution in [0.4, 0.5) is 0 Å². The Morgan fingerprint density at radius 3 is 2.50 bits per heavy atom. The van der Waals surface area contributed by atoms with E-state index in [4.69, 9.17) is 5.73 Å². The lowest BCUT2D eigenvalue weighted by Gasteiger charge is -2.21. The molecule has 14 heavy (non-hydrogen) atoms. The Balaban J connectivity index is 2.88. The van der Waals surface area contributed by atoms with Crippen LogP contribution in [0.5, 0.6) is 0 Å². The van der Waals surface area contributed by atoms with Crippen molar-refractivity contribution in [3.05, 3.63) is 29.6 Å². The fourth-order valence-electron chi connectivity index (χ4n) is 1.87. The number of hydrogen-bond acceptors (Lipinski definition) is 2. The largest absolute Gasteiger partial charge is 0.322 e. The van der Waals surface area contributed by atoms with E-state index in [0.717, 1.165) is 18.5 Å². The minimum atomic E-state index is 0.0891. The molecule has 1 aromatic rings. The molecular weight excluding hydrogens is 172 g/mol. The van der Waals surface area contributed by atoms with Crippen molar-refractivity contribution in [3.8, 4) is 0 Å². The molecule has 1 atom stereocenters. The highest BCUT2D eigenvalue weighted by Gasteiger charge is 2.18. The van der Waals surface area contributed by atoms with Crippen molar-refractivity contribution >= 4 is 0 Å². The molecule has 0 aliphatic heterocycles. The van der Waals surface area contributed by atoms with Gasteiger partial charge in [0.25, 0.3) is 0 Å². The summed E-state index contributed by atoms with van der Waals surface area (Å²) < 4.78 is 0. The zero-order chi connectivity index (χ0) is 10.6. The lowest BCUT2D eigenvalue weighted by Crippen LogP contribution is -2.22. The highest BCUT2D eigenvalue weighted by atomic mass is 14.8. The van der Waals surface area contributed by atoms with Gasteiger partial charge in [-0.3, -0.25) is 4.98 Å². The third-order valence-corrected chi connectivity index (χ3v) is 2.92. The first-order valence-corrected chi connectivity index (χ1v) is 5.37. The normalized spacial score (nSPS) is 13.2. The number of aryl methyl sites for hydroxylation is 1. The van der Waals surface area contributed by atoms with Gasteiger partial charge in [0, 0.05) is 6.20 Å². The predicted molar refractivity (Wildman–Crippen MR) is 60.0 cm³/mol. The van der Waals surface area contributed by atoms with E-state index in [9.17, 15) is 0 Å². The van der Waals surface area contributed by atoms with Crippen LogP contribution in [0.15, 0.2) is 18.3 Å². The quantitative estimate of drug-likeness (QED) is 0.796. The van der Waals surface area contributed by atoms with Gasteiger partial charge in [0.1, 0.15) is 0 Å². The summed E-state index contributed by atoms with van der Waals surface area (Å²) in [5.74, 6) is 0.545. The van der Waals surface area contributed by atoms with Gasteiger partial charge in [-0.25, -0.2) is 0 Å². The summed E-state index contributed by atoms with van der Waals surface area (Å²) in [6, 6.07) is 4.12. The third kappa shape index (κ3) is 2.32. The Morgan fingerprint density at radius 2 is 2.00 bits per heavy atom. The van der Waals surface area contributed by atoms with Gasteiger partial charge >= 0.3 is 0 Å². The van der Waals surface area contributed by atoms with E-state index >= 15 is 0 Å². The van der Waals surface area contributed by atoms with Crippen molar-refractivity contribution in [2.24, 2.45) is 11.7 Å². The Hall–Kier alpha value is -0.890. The van der Waals surface area contributed by atoms with Crippen LogP contribution in [0.2, 0.25) is 0 Å². The lowest BCUT2D eigenvalue weighted by atomic mass is 9.91. The van der Waals surface area contributed by atoms with Crippen LogP contribution in [0.1, 0.15) is 44.0 Å². The van der Waals surface area contributed by atoms with Gasteiger partial charge in [0.05, 0.1) is 11.7 Å². The van der Waals surface area contributed by atoms with E-state index in [-0.39, 0.29) is 6.04 Å². The Labute approximate surface area is 86.5 Å². The molecule has 2 nitrogen and oxygen atoms in total. The van der Waals surface area contributed by atoms with E-state index in [1.165, 1.54) is 5.56 Å². The molecule has 0 aliphatic carbocycles. The van der Waals surface area contributed by atoms with Crippen LogP contribution in [-0.4, -0.2) is 4.98 Å². The van der Waals surface area contributed by atoms with E-state index in [1.807, 2.05) is 12.3 Å². The number of aromatic nitrogens is 1. The van der Waals surface area contributed by atoms with Gasteiger partial charge < -0.3 is 5.73 Å². The fourth-order valence-corrected chi connectivity index (χ4v) is 1.87. The van der Waals surface area contributed by atoms with E-state index in [2.05, 4.69) is 31.8 Å². The molecule has 78 valence electrons. The van der Waals surface area contributed by atoms with Gasteiger partial charge in [-0.05, 0) is 24.5 Å². The molecule has 1 heterocycles. The Bertz CT molecular complexity index is 279. The summed E-state index contributed by atoms with van der Waals surface area (Å²) in [5.41, 5.74) is 8.46. The minimum absolute atomic E-state index is 0.0891. The molecule has 0 saturated heterocycles. The molecule has 0 amide bonds. The topological polar surface area (TPSA) is 38.9 Å². The molecular formula is C12H20N2. The number of nitrogens with two attached hydrogens (primary N) is 1. The first kappa shape index (κ1) is 11.2. The van der Waals surface area contributed by atoms with Gasteiger partial charge in [-0.1, -0.05) is 32.8 Å². The maximum Gasteiger partial charge on any atom is 0.0602 e. The Morgan fingerprint density at radius 1 is 1.36 bits per heavy atom. The van der Waals surface area contributed by atoms with Crippen molar-refractivity contribution in [3.63, 3.8) is 0 Å². The second-order valence-corrected chi connectivity index (χ2v) is 3.81. The molecule has 0 aromatic carbocycles. The fraction of sp³-hybridized carbons (Fsp3) is 0.583. The Kier molecular flexibility index (Phi) is 4.08. The summed E-state index contributed by atoms with van der Waals surface area (Å²) in [4.78, 5) is 4.37. The second kappa shape index (κ2) is 5.11. The maximum absolute atomic E-state index is 6.20. The number of rotatable bonds is 4. The number of nitrogens with zero attached hydrogens (tertiary/aromatic N) is 1. The number of pyridine rings is 1. The summed E-state index contributed by atoms with van der Waals surface area (Å²) in [7, 11) is 0. The zero-order valence-electron chi connectivity index (χ0n) is 9.33. The molecule has 2 N–H and O–H groups in total. The highest BCUT2D eigenvalue weighted by Crippen LogP contribution is 2.25. The average Bonchev–Trinajstić information content (AvgIpc) is 2.20. The molecule has 0 saturated carbocycles. The molecule has 0 radical (unpaired) electrons. The third-order valence-electron chi connectivity index (χ3n) is 2.92. The van der Waals surface area contributed by atoms with Crippen LogP contribution in [-0.2, 0) is 0 Å². The summed E-state index contributed by atoms with van der Waals surface area (Å²) in [6.07, 6.45) is 4.06. The lowest BCUT2D eigenvalue weighted by molar-refractivity contribution is 0.397. The van der Waals surface area contributed by atoms with Crippen molar-refractivity contribution in [1.82, 2.24) is 4.98 Å². The molecule has 0 spiro atoms. The average molecular weight is 192 g/mol. The molecule has 0 fully saturated rings.